The van der Waals surface area contributed by atoms with Crippen molar-refractivity contribution in [3.63, 3.8) is 0 Å². The molecule has 152 valence electrons. The van der Waals surface area contributed by atoms with E-state index in [1.807, 2.05) is 24.5 Å². The molecular weight excluding hydrogens is 378 g/mol. The van der Waals surface area contributed by atoms with E-state index < -0.39 is 0 Å². The molecule has 1 fully saturated rings. The van der Waals surface area contributed by atoms with Crippen molar-refractivity contribution in [2.45, 2.75) is 12.5 Å². The fourth-order valence-corrected chi connectivity index (χ4v) is 4.37. The standard InChI is InChI=1S/C24H23N3O3/c1-29-23-7-6-18(28)13-20(23)24-26-10-11-27(24)22-15-30-14-17(22)12-16-8-9-25-21-5-3-2-4-19(16)21/h2-11,13,17,22,28H,12,14-15H2,1H3/t17-,22-/m1/s1. The molecule has 0 aliphatic carbocycles. The van der Waals surface area contributed by atoms with E-state index >= 15 is 0 Å². The van der Waals surface area contributed by atoms with E-state index in [-0.39, 0.29) is 11.8 Å². The highest BCUT2D eigenvalue weighted by Gasteiger charge is 2.32. The Hall–Kier alpha value is -3.38. The summed E-state index contributed by atoms with van der Waals surface area (Å²) in [4.78, 5) is 9.06. The first-order chi connectivity index (χ1) is 14.7. The number of methoxy groups -OCH3 is 1. The van der Waals surface area contributed by atoms with Crippen molar-refractivity contribution < 1.29 is 14.6 Å². The van der Waals surface area contributed by atoms with Crippen LogP contribution < -0.4 is 4.74 Å². The number of imidazole rings is 1. The maximum atomic E-state index is 10.0. The van der Waals surface area contributed by atoms with Crippen molar-refractivity contribution in [1.29, 1.82) is 0 Å². The number of phenols is 1. The Morgan fingerprint density at radius 3 is 2.90 bits per heavy atom. The van der Waals surface area contributed by atoms with Crippen LogP contribution in [0.25, 0.3) is 22.3 Å². The van der Waals surface area contributed by atoms with Crippen molar-refractivity contribution in [2.75, 3.05) is 20.3 Å². The zero-order valence-corrected chi connectivity index (χ0v) is 16.7. The van der Waals surface area contributed by atoms with Crippen LogP contribution in [0.5, 0.6) is 11.5 Å². The van der Waals surface area contributed by atoms with Crippen molar-refractivity contribution in [2.24, 2.45) is 5.92 Å². The fraction of sp³-hybridized carbons (Fsp3) is 0.250. The summed E-state index contributed by atoms with van der Waals surface area (Å²) in [5.74, 6) is 1.92. The van der Waals surface area contributed by atoms with E-state index in [1.165, 1.54) is 10.9 Å². The van der Waals surface area contributed by atoms with Gasteiger partial charge in [0.25, 0.3) is 0 Å². The topological polar surface area (TPSA) is 69.4 Å². The van der Waals surface area contributed by atoms with E-state index in [0.717, 1.165) is 23.3 Å². The van der Waals surface area contributed by atoms with Gasteiger partial charge in [0.15, 0.2) is 0 Å². The normalized spacial score (nSPS) is 18.7. The molecule has 2 atom stereocenters. The minimum atomic E-state index is 0.140. The predicted octanol–water partition coefficient (Wildman–Crippen LogP) is 4.24. The number of fused-ring (bicyclic) bond motifs is 1. The van der Waals surface area contributed by atoms with Crippen molar-refractivity contribution in [3.05, 3.63) is 72.7 Å². The van der Waals surface area contributed by atoms with Crippen LogP contribution in [0.1, 0.15) is 11.6 Å². The molecule has 2 aromatic carbocycles. The quantitative estimate of drug-likeness (QED) is 0.542. The Kier molecular flexibility index (Phi) is 4.85. The molecule has 1 aliphatic heterocycles. The van der Waals surface area contributed by atoms with E-state index in [2.05, 4.69) is 32.7 Å². The van der Waals surface area contributed by atoms with Crippen LogP contribution in [0, 0.1) is 5.92 Å². The van der Waals surface area contributed by atoms with Crippen LogP contribution in [-0.2, 0) is 11.2 Å². The minimum absolute atomic E-state index is 0.140. The summed E-state index contributed by atoms with van der Waals surface area (Å²) < 4.78 is 13.6. The number of benzene rings is 2. The van der Waals surface area contributed by atoms with Gasteiger partial charge in [-0.25, -0.2) is 4.98 Å². The smallest absolute Gasteiger partial charge is 0.144 e. The number of hydrogen-bond acceptors (Lipinski definition) is 5. The van der Waals surface area contributed by atoms with Gasteiger partial charge in [0.05, 0.1) is 37.4 Å². The molecule has 3 heterocycles. The SMILES string of the molecule is COc1ccc(O)cc1-c1nccn1[C@@H]1COC[C@H]1Cc1ccnc2ccccc12. The van der Waals surface area contributed by atoms with Gasteiger partial charge in [0.2, 0.25) is 0 Å². The number of ether oxygens (including phenoxy) is 2. The lowest BCUT2D eigenvalue weighted by Crippen LogP contribution is -2.20. The second-order valence-corrected chi connectivity index (χ2v) is 7.60. The first kappa shape index (κ1) is 18.6. The van der Waals surface area contributed by atoms with Gasteiger partial charge in [-0.15, -0.1) is 0 Å². The first-order valence-electron chi connectivity index (χ1n) is 10.0. The highest BCUT2D eigenvalue weighted by molar-refractivity contribution is 5.81. The fourth-order valence-electron chi connectivity index (χ4n) is 4.37. The molecule has 0 spiro atoms. The number of phenolic OH excluding ortho intramolecular Hbond substituents is 1. The Morgan fingerprint density at radius 1 is 1.10 bits per heavy atom. The van der Waals surface area contributed by atoms with E-state index in [1.54, 1.807) is 31.5 Å². The Labute approximate surface area is 174 Å². The summed E-state index contributed by atoms with van der Waals surface area (Å²) in [5.41, 5.74) is 3.05. The molecule has 0 radical (unpaired) electrons. The van der Waals surface area contributed by atoms with Gasteiger partial charge in [-0.1, -0.05) is 18.2 Å². The lowest BCUT2D eigenvalue weighted by atomic mass is 9.92. The molecule has 30 heavy (non-hydrogen) atoms. The number of nitrogens with zero attached hydrogens (tertiary/aromatic N) is 3. The van der Waals surface area contributed by atoms with Crippen LogP contribution in [0.3, 0.4) is 0 Å². The van der Waals surface area contributed by atoms with Crippen LogP contribution in [0.2, 0.25) is 0 Å². The Balaban J connectivity index is 1.50. The van der Waals surface area contributed by atoms with Crippen molar-refractivity contribution in [1.82, 2.24) is 14.5 Å². The molecule has 6 nitrogen and oxygen atoms in total. The van der Waals surface area contributed by atoms with Crippen LogP contribution in [-0.4, -0.2) is 40.0 Å². The predicted molar refractivity (Wildman–Crippen MR) is 115 cm³/mol. The molecule has 6 heteroatoms. The largest absolute Gasteiger partial charge is 0.508 e. The summed E-state index contributed by atoms with van der Waals surface area (Å²) in [7, 11) is 1.62. The number of pyridine rings is 1. The van der Waals surface area contributed by atoms with E-state index in [0.29, 0.717) is 24.9 Å². The Bertz CT molecular complexity index is 1180. The summed E-state index contributed by atoms with van der Waals surface area (Å²) in [6, 6.07) is 15.6. The lowest BCUT2D eigenvalue weighted by molar-refractivity contribution is 0.181. The monoisotopic (exact) mass is 401 g/mol. The number of hydrogen-bond donors (Lipinski definition) is 1. The van der Waals surface area contributed by atoms with Crippen LogP contribution in [0.15, 0.2) is 67.1 Å². The molecule has 5 rings (SSSR count). The third-order valence-corrected chi connectivity index (χ3v) is 5.84. The maximum absolute atomic E-state index is 10.0. The minimum Gasteiger partial charge on any atom is -0.508 e. The molecule has 0 saturated carbocycles. The summed E-state index contributed by atoms with van der Waals surface area (Å²) in [6.45, 7) is 1.31. The van der Waals surface area contributed by atoms with E-state index in [4.69, 9.17) is 9.47 Å². The van der Waals surface area contributed by atoms with E-state index in [9.17, 15) is 5.11 Å². The number of para-hydroxylation sites is 1. The van der Waals surface area contributed by atoms with Crippen LogP contribution in [0.4, 0.5) is 0 Å². The molecule has 2 aromatic heterocycles. The van der Waals surface area contributed by atoms with Crippen molar-refractivity contribution in [3.8, 4) is 22.9 Å². The number of aromatic nitrogens is 3. The molecule has 1 saturated heterocycles. The van der Waals surface area contributed by atoms with Gasteiger partial charge in [-0.2, -0.15) is 0 Å². The lowest BCUT2D eigenvalue weighted by Gasteiger charge is -2.22. The van der Waals surface area contributed by atoms with Gasteiger partial charge in [0.1, 0.15) is 17.3 Å². The first-order valence-corrected chi connectivity index (χ1v) is 10.0. The molecule has 0 amide bonds. The van der Waals surface area contributed by atoms with Crippen LogP contribution >= 0.6 is 0 Å². The zero-order valence-electron chi connectivity index (χ0n) is 16.7. The summed E-state index contributed by atoms with van der Waals surface area (Å²) in [5, 5.41) is 11.2. The summed E-state index contributed by atoms with van der Waals surface area (Å²) >= 11 is 0. The molecule has 0 bridgehead atoms. The molecule has 4 aromatic rings. The van der Waals surface area contributed by atoms with Crippen molar-refractivity contribution >= 4 is 10.9 Å². The second kappa shape index (κ2) is 7.80. The highest BCUT2D eigenvalue weighted by Crippen LogP contribution is 2.37. The average molecular weight is 401 g/mol. The van der Waals surface area contributed by atoms with Gasteiger partial charge in [-0.05, 0) is 42.3 Å². The molecule has 0 unspecified atom stereocenters. The van der Waals surface area contributed by atoms with Gasteiger partial charge >= 0.3 is 0 Å². The number of aromatic hydroxyl groups is 1. The number of rotatable bonds is 5. The molecule has 1 aliphatic rings. The zero-order chi connectivity index (χ0) is 20.5. The average Bonchev–Trinajstić information content (AvgIpc) is 3.43. The summed E-state index contributed by atoms with van der Waals surface area (Å²) in [6.07, 6.45) is 6.54. The Morgan fingerprint density at radius 2 is 2.00 bits per heavy atom. The van der Waals surface area contributed by atoms with Gasteiger partial charge in [0, 0.05) is 29.9 Å². The molecular formula is C24H23N3O3. The van der Waals surface area contributed by atoms with Gasteiger partial charge < -0.3 is 19.1 Å². The molecule has 1 N–H and O–H groups in total. The third kappa shape index (κ3) is 3.29. The maximum Gasteiger partial charge on any atom is 0.144 e. The second-order valence-electron chi connectivity index (χ2n) is 7.60. The third-order valence-electron chi connectivity index (χ3n) is 5.84. The van der Waals surface area contributed by atoms with Gasteiger partial charge in [-0.3, -0.25) is 4.98 Å². The highest BCUT2D eigenvalue weighted by atomic mass is 16.5.